The van der Waals surface area contributed by atoms with Crippen LogP contribution in [0.4, 0.5) is 29.2 Å². The van der Waals surface area contributed by atoms with Gasteiger partial charge in [-0.25, -0.2) is 15.0 Å². The highest BCUT2D eigenvalue weighted by Crippen LogP contribution is 2.35. The minimum absolute atomic E-state index is 0.00732. The second-order valence-electron chi connectivity index (χ2n) is 11.0. The molecule has 44 heavy (non-hydrogen) atoms. The summed E-state index contributed by atoms with van der Waals surface area (Å²) in [5.74, 6) is -1.50. The fourth-order valence-corrected chi connectivity index (χ4v) is 5.50. The molecule has 4 aromatic rings. The van der Waals surface area contributed by atoms with Gasteiger partial charge in [-0.1, -0.05) is 12.1 Å². The van der Waals surface area contributed by atoms with E-state index in [9.17, 15) is 22.8 Å². The monoisotopic (exact) mass is 612 g/mol. The van der Waals surface area contributed by atoms with E-state index >= 15 is 4.39 Å². The van der Waals surface area contributed by atoms with Crippen LogP contribution in [0, 0.1) is 5.95 Å². The van der Waals surface area contributed by atoms with E-state index in [0.717, 1.165) is 24.5 Å². The molecule has 15 heteroatoms. The zero-order valence-corrected chi connectivity index (χ0v) is 23.7. The summed E-state index contributed by atoms with van der Waals surface area (Å²) in [6.07, 6.45) is -3.40. The molecule has 2 atom stereocenters. The molecule has 3 N–H and O–H groups in total. The Morgan fingerprint density at radius 2 is 1.89 bits per heavy atom. The Balaban J connectivity index is 1.28. The summed E-state index contributed by atoms with van der Waals surface area (Å²) >= 11 is 0. The molecule has 6 rings (SSSR count). The Bertz CT molecular complexity index is 1740. The summed E-state index contributed by atoms with van der Waals surface area (Å²) in [5.41, 5.74) is 6.30. The van der Waals surface area contributed by atoms with Crippen LogP contribution in [0.15, 0.2) is 48.8 Å². The summed E-state index contributed by atoms with van der Waals surface area (Å²) in [7, 11) is 0. The van der Waals surface area contributed by atoms with Gasteiger partial charge in [0, 0.05) is 29.9 Å². The van der Waals surface area contributed by atoms with Gasteiger partial charge in [-0.2, -0.15) is 17.6 Å². The van der Waals surface area contributed by atoms with Crippen molar-refractivity contribution in [3.63, 3.8) is 0 Å². The maximum Gasteiger partial charge on any atom is 0.416 e. The number of pyridine rings is 1. The van der Waals surface area contributed by atoms with Crippen LogP contribution in [0.5, 0.6) is 0 Å². The van der Waals surface area contributed by atoms with Crippen molar-refractivity contribution in [2.75, 3.05) is 37.3 Å². The lowest BCUT2D eigenvalue weighted by Crippen LogP contribution is -2.62. The first-order valence-corrected chi connectivity index (χ1v) is 13.8. The van der Waals surface area contributed by atoms with Crippen LogP contribution in [-0.4, -0.2) is 79.3 Å². The van der Waals surface area contributed by atoms with Crippen LogP contribution in [0.25, 0.3) is 16.8 Å². The van der Waals surface area contributed by atoms with Gasteiger partial charge in [0.1, 0.15) is 34.8 Å². The van der Waals surface area contributed by atoms with Gasteiger partial charge in [0.25, 0.3) is 5.91 Å². The number of carbonyl (C=O) groups excluding carboxylic acids is 2. The van der Waals surface area contributed by atoms with E-state index in [1.807, 2.05) is 13.8 Å². The summed E-state index contributed by atoms with van der Waals surface area (Å²) in [5, 5.41) is 2.36. The van der Waals surface area contributed by atoms with E-state index in [0.29, 0.717) is 12.1 Å². The highest BCUT2D eigenvalue weighted by atomic mass is 19.4. The first-order valence-electron chi connectivity index (χ1n) is 13.8. The molecule has 230 valence electrons. The lowest BCUT2D eigenvalue weighted by Gasteiger charge is -2.46. The molecule has 1 aromatic carbocycles. The quantitative estimate of drug-likeness (QED) is 0.326. The third kappa shape index (κ3) is 5.43. The van der Waals surface area contributed by atoms with E-state index in [4.69, 9.17) is 15.5 Å². The number of piperazine rings is 1. The number of ether oxygens (including phenoxy) is 1. The molecular weight excluding hydrogens is 584 g/mol. The van der Waals surface area contributed by atoms with Gasteiger partial charge in [-0.3, -0.25) is 18.9 Å². The van der Waals surface area contributed by atoms with Gasteiger partial charge in [0.15, 0.2) is 0 Å². The van der Waals surface area contributed by atoms with Crippen molar-refractivity contribution < 1.29 is 31.9 Å². The van der Waals surface area contributed by atoms with E-state index in [1.165, 1.54) is 16.5 Å². The maximum absolute atomic E-state index is 15.3. The van der Waals surface area contributed by atoms with Crippen molar-refractivity contribution in [1.29, 1.82) is 0 Å². The maximum atomic E-state index is 15.3. The van der Waals surface area contributed by atoms with Gasteiger partial charge < -0.3 is 20.7 Å². The van der Waals surface area contributed by atoms with Crippen molar-refractivity contribution in [1.82, 2.24) is 29.2 Å². The normalized spacial score (nSPS) is 19.4. The lowest BCUT2D eigenvalue weighted by molar-refractivity contribution is -0.157. The van der Waals surface area contributed by atoms with Gasteiger partial charge >= 0.3 is 6.18 Å². The average molecular weight is 613 g/mol. The number of nitrogens with two attached hydrogens (primary N) is 1. The Morgan fingerprint density at radius 3 is 2.59 bits per heavy atom. The van der Waals surface area contributed by atoms with E-state index in [2.05, 4.69) is 20.2 Å². The van der Waals surface area contributed by atoms with Gasteiger partial charge in [0.05, 0.1) is 37.5 Å². The first-order chi connectivity index (χ1) is 20.9. The minimum atomic E-state index is -4.59. The molecule has 0 spiro atoms. The number of hydrogen-bond acceptors (Lipinski definition) is 8. The highest BCUT2D eigenvalue weighted by molar-refractivity contribution is 6.04. The molecule has 3 aromatic heterocycles. The van der Waals surface area contributed by atoms with Crippen LogP contribution >= 0.6 is 0 Å². The Morgan fingerprint density at radius 1 is 1.14 bits per heavy atom. The fraction of sp³-hybridized carbons (Fsp3) is 0.345. The zero-order chi connectivity index (χ0) is 31.3. The van der Waals surface area contributed by atoms with Crippen LogP contribution in [0.3, 0.4) is 0 Å². The zero-order valence-electron chi connectivity index (χ0n) is 23.7. The molecular formula is C29H28F4N8O3. The number of nitrogen functional groups attached to an aromatic ring is 1. The van der Waals surface area contributed by atoms with Gasteiger partial charge in [-0.05, 0) is 38.1 Å². The van der Waals surface area contributed by atoms with E-state index in [-0.39, 0.29) is 71.9 Å². The molecule has 0 unspecified atom stereocenters. The van der Waals surface area contributed by atoms with E-state index < -0.39 is 29.7 Å². The molecule has 11 nitrogen and oxygen atoms in total. The second kappa shape index (κ2) is 11.1. The third-order valence-electron chi connectivity index (χ3n) is 7.83. The Hall–Kier alpha value is -4.63. The topological polar surface area (TPSA) is 131 Å². The number of anilines is 2. The van der Waals surface area contributed by atoms with E-state index in [1.54, 1.807) is 17.0 Å². The SMILES string of the molecule is CC(C)N1CC(=O)N2C[C@H](c3nc(-c4ccc(C(=O)Nc5cc(C(F)(F)F)ccn5)cc4)c4c(N)ncc(F)n34)OC[C@H]2C1. The number of hydrogen-bond donors (Lipinski definition) is 2. The molecule has 0 bridgehead atoms. The van der Waals surface area contributed by atoms with Crippen molar-refractivity contribution >= 4 is 29.0 Å². The number of carbonyl (C=O) groups is 2. The summed E-state index contributed by atoms with van der Waals surface area (Å²) in [6, 6.07) is 7.61. The van der Waals surface area contributed by atoms with Crippen molar-refractivity contribution in [3.8, 4) is 11.3 Å². The summed E-state index contributed by atoms with van der Waals surface area (Å²) < 4.78 is 61.7. The molecule has 2 amide bonds. The number of alkyl halides is 3. The Labute approximate surface area is 248 Å². The molecule has 2 fully saturated rings. The van der Waals surface area contributed by atoms with Crippen molar-refractivity contribution in [2.24, 2.45) is 0 Å². The molecule has 0 aliphatic carbocycles. The number of benzene rings is 1. The van der Waals surface area contributed by atoms with Gasteiger partial charge in [-0.15, -0.1) is 0 Å². The number of aromatic nitrogens is 4. The van der Waals surface area contributed by atoms with Crippen LogP contribution in [0.2, 0.25) is 0 Å². The third-order valence-corrected chi connectivity index (χ3v) is 7.83. The summed E-state index contributed by atoms with van der Waals surface area (Å²) in [6.45, 7) is 5.43. The number of nitrogens with zero attached hydrogens (tertiary/aromatic N) is 6. The fourth-order valence-electron chi connectivity index (χ4n) is 5.50. The first kappa shape index (κ1) is 29.4. The molecule has 0 saturated carbocycles. The molecule has 2 saturated heterocycles. The molecule has 2 aliphatic heterocycles. The molecule has 0 radical (unpaired) electrons. The predicted octanol–water partition coefficient (Wildman–Crippen LogP) is 3.78. The van der Waals surface area contributed by atoms with Crippen LogP contribution in [0.1, 0.15) is 41.7 Å². The van der Waals surface area contributed by atoms with Gasteiger partial charge in [0.2, 0.25) is 11.9 Å². The number of rotatable bonds is 5. The number of amides is 2. The number of nitrogens with one attached hydrogen (secondary N) is 1. The van der Waals surface area contributed by atoms with Crippen LogP contribution < -0.4 is 11.1 Å². The number of halogens is 4. The van der Waals surface area contributed by atoms with Crippen molar-refractivity contribution in [3.05, 3.63) is 71.7 Å². The smallest absolute Gasteiger partial charge is 0.382 e. The molecule has 2 aliphatic rings. The Kier molecular flexibility index (Phi) is 7.45. The standard InChI is InChI=1S/C29H28F4N8O3/c1-15(2)39-11-19-14-44-20(12-40(19)23(42)13-39)27-38-24(25-26(34)36-10-21(30)41(25)27)16-3-5-17(6-4-16)28(43)37-22-9-18(7-8-35-22)29(31,32)33/h3-10,15,19-20H,11-14H2,1-2H3,(H2,34,36)(H,35,37,43)/t19-,20-/m1/s1. The number of imidazole rings is 1. The van der Waals surface area contributed by atoms with Crippen molar-refractivity contribution in [2.45, 2.75) is 38.2 Å². The average Bonchev–Trinajstić information content (AvgIpc) is 3.41. The predicted molar refractivity (Wildman–Crippen MR) is 151 cm³/mol. The lowest BCUT2D eigenvalue weighted by atomic mass is 10.1. The number of morpholine rings is 1. The summed E-state index contributed by atoms with van der Waals surface area (Å²) in [4.78, 5) is 42.0. The largest absolute Gasteiger partial charge is 0.416 e. The second-order valence-corrected chi connectivity index (χ2v) is 11.0. The highest BCUT2D eigenvalue weighted by Gasteiger charge is 2.40. The number of fused-ring (bicyclic) bond motifs is 2. The molecule has 5 heterocycles. The van der Waals surface area contributed by atoms with Crippen LogP contribution in [-0.2, 0) is 15.7 Å². The minimum Gasteiger partial charge on any atom is -0.382 e.